The molecule has 1 aliphatic rings. The molecule has 1 aromatic carbocycles. The van der Waals surface area contributed by atoms with Gasteiger partial charge in [-0.25, -0.2) is 9.97 Å². The number of hydrogen-bond donors (Lipinski definition) is 1. The van der Waals surface area contributed by atoms with Crippen molar-refractivity contribution < 1.29 is 26.8 Å². The molecule has 5 rings (SSSR count). The summed E-state index contributed by atoms with van der Waals surface area (Å²) in [6, 6.07) is 4.90. The van der Waals surface area contributed by atoms with Gasteiger partial charge >= 0.3 is 6.18 Å². The van der Waals surface area contributed by atoms with E-state index in [-0.39, 0.29) is 6.54 Å². The number of carbonyl (C=O) groups is 1. The standard InChI is InChI=1S/C21H17F3N4O3/c1-10-3-4-11(2)17-12(10)7-14(31-17)16-15-13(25-8-26-15)5-6-28(16)20(29)18-19(21(22,23)24)27-9-30-18/h3-4,7-9,16H,5-6H2,1-2H3,(H,25,26)/t16-/m0/s1. The van der Waals surface area contributed by atoms with Crippen molar-refractivity contribution in [3.05, 3.63) is 70.6 Å². The molecule has 0 spiro atoms. The number of nitrogens with zero attached hydrogens (tertiary/aromatic N) is 3. The van der Waals surface area contributed by atoms with Crippen molar-refractivity contribution in [1.29, 1.82) is 0 Å². The molecule has 0 aliphatic carbocycles. The van der Waals surface area contributed by atoms with Gasteiger partial charge in [-0.05, 0) is 31.0 Å². The van der Waals surface area contributed by atoms with E-state index in [0.717, 1.165) is 22.2 Å². The second kappa shape index (κ2) is 6.73. The Labute approximate surface area is 173 Å². The van der Waals surface area contributed by atoms with Crippen LogP contribution in [0.1, 0.15) is 50.6 Å². The Morgan fingerprint density at radius 1 is 1.23 bits per heavy atom. The van der Waals surface area contributed by atoms with Gasteiger partial charge in [-0.15, -0.1) is 0 Å². The van der Waals surface area contributed by atoms with E-state index < -0.39 is 29.6 Å². The molecule has 4 heterocycles. The number of nitrogens with one attached hydrogen (secondary N) is 1. The monoisotopic (exact) mass is 430 g/mol. The molecule has 1 N–H and O–H groups in total. The van der Waals surface area contributed by atoms with Crippen LogP contribution >= 0.6 is 0 Å². The number of alkyl halides is 3. The molecule has 3 aromatic heterocycles. The third kappa shape index (κ3) is 3.01. The first-order valence-corrected chi connectivity index (χ1v) is 9.59. The minimum Gasteiger partial charge on any atom is -0.458 e. The van der Waals surface area contributed by atoms with Crippen LogP contribution in [0.2, 0.25) is 0 Å². The van der Waals surface area contributed by atoms with Crippen LogP contribution in [-0.4, -0.2) is 32.3 Å². The summed E-state index contributed by atoms with van der Waals surface area (Å²) in [5.74, 6) is -1.35. The van der Waals surface area contributed by atoms with E-state index >= 15 is 0 Å². The molecule has 160 valence electrons. The number of aromatic amines is 1. The maximum atomic E-state index is 13.3. The van der Waals surface area contributed by atoms with Crippen LogP contribution in [0.5, 0.6) is 0 Å². The number of amides is 1. The summed E-state index contributed by atoms with van der Waals surface area (Å²) in [4.78, 5) is 25.1. The summed E-state index contributed by atoms with van der Waals surface area (Å²) in [6.45, 7) is 4.00. The zero-order chi connectivity index (χ0) is 21.9. The molecular weight excluding hydrogens is 413 g/mol. The normalized spacial score (nSPS) is 16.7. The quantitative estimate of drug-likeness (QED) is 0.503. The molecule has 7 nitrogen and oxygen atoms in total. The van der Waals surface area contributed by atoms with E-state index in [1.807, 2.05) is 32.0 Å². The van der Waals surface area contributed by atoms with Gasteiger partial charge in [0.15, 0.2) is 12.1 Å². The van der Waals surface area contributed by atoms with Crippen molar-refractivity contribution in [2.24, 2.45) is 0 Å². The van der Waals surface area contributed by atoms with Gasteiger partial charge in [0.05, 0.1) is 12.0 Å². The summed E-state index contributed by atoms with van der Waals surface area (Å²) in [5.41, 5.74) is 2.55. The van der Waals surface area contributed by atoms with E-state index in [2.05, 4.69) is 15.0 Å². The molecule has 1 amide bonds. The number of rotatable bonds is 2. The Kier molecular flexibility index (Phi) is 4.21. The third-order valence-corrected chi connectivity index (χ3v) is 5.60. The molecule has 0 saturated heterocycles. The average Bonchev–Trinajstić information content (AvgIpc) is 3.47. The number of imidazole rings is 1. The topological polar surface area (TPSA) is 88.2 Å². The largest absolute Gasteiger partial charge is 0.458 e. The number of aryl methyl sites for hydroxylation is 2. The zero-order valence-electron chi connectivity index (χ0n) is 16.6. The second-order valence-corrected chi connectivity index (χ2v) is 7.54. The van der Waals surface area contributed by atoms with Crippen LogP contribution in [0.25, 0.3) is 11.0 Å². The molecule has 10 heteroatoms. The maximum absolute atomic E-state index is 13.3. The highest BCUT2D eigenvalue weighted by molar-refractivity contribution is 5.93. The number of benzene rings is 1. The molecule has 31 heavy (non-hydrogen) atoms. The lowest BCUT2D eigenvalue weighted by Gasteiger charge is -2.33. The van der Waals surface area contributed by atoms with Gasteiger partial charge in [0.25, 0.3) is 5.91 Å². The van der Waals surface area contributed by atoms with Gasteiger partial charge in [-0.1, -0.05) is 12.1 Å². The highest BCUT2D eigenvalue weighted by Crippen LogP contribution is 2.39. The SMILES string of the molecule is Cc1ccc(C)c2oc([C@H]3c4nc[nH]c4CCN3C(=O)c3ocnc3C(F)(F)F)cc12. The van der Waals surface area contributed by atoms with Crippen molar-refractivity contribution in [1.82, 2.24) is 19.9 Å². The lowest BCUT2D eigenvalue weighted by molar-refractivity contribution is -0.141. The summed E-state index contributed by atoms with van der Waals surface area (Å²) in [5, 5.41) is 0.876. The molecule has 0 radical (unpaired) electrons. The van der Waals surface area contributed by atoms with Crippen LogP contribution in [0.15, 0.2) is 39.8 Å². The van der Waals surface area contributed by atoms with Gasteiger partial charge in [-0.2, -0.15) is 13.2 Å². The first-order valence-electron chi connectivity index (χ1n) is 9.59. The predicted molar refractivity (Wildman–Crippen MR) is 102 cm³/mol. The Bertz CT molecular complexity index is 1260. The van der Waals surface area contributed by atoms with Crippen molar-refractivity contribution in [3.8, 4) is 0 Å². The van der Waals surface area contributed by atoms with Crippen molar-refractivity contribution >= 4 is 16.9 Å². The number of furan rings is 1. The van der Waals surface area contributed by atoms with Crippen LogP contribution in [0, 0.1) is 13.8 Å². The number of oxazole rings is 1. The Balaban J connectivity index is 1.65. The van der Waals surface area contributed by atoms with Crippen molar-refractivity contribution in [2.75, 3.05) is 6.54 Å². The average molecular weight is 430 g/mol. The van der Waals surface area contributed by atoms with E-state index in [1.165, 1.54) is 11.2 Å². The second-order valence-electron chi connectivity index (χ2n) is 7.54. The van der Waals surface area contributed by atoms with Gasteiger partial charge in [0, 0.05) is 24.0 Å². The van der Waals surface area contributed by atoms with Crippen LogP contribution in [0.4, 0.5) is 13.2 Å². The number of fused-ring (bicyclic) bond motifs is 2. The van der Waals surface area contributed by atoms with E-state index in [4.69, 9.17) is 8.83 Å². The van der Waals surface area contributed by atoms with Gasteiger partial charge in [-0.3, -0.25) is 4.79 Å². The van der Waals surface area contributed by atoms with Gasteiger partial charge in [0.2, 0.25) is 5.76 Å². The third-order valence-electron chi connectivity index (χ3n) is 5.60. The minimum absolute atomic E-state index is 0.158. The lowest BCUT2D eigenvalue weighted by Crippen LogP contribution is -2.41. The number of aromatic nitrogens is 3. The van der Waals surface area contributed by atoms with Crippen molar-refractivity contribution in [3.63, 3.8) is 0 Å². The van der Waals surface area contributed by atoms with Gasteiger partial charge in [0.1, 0.15) is 17.4 Å². The molecule has 1 atom stereocenters. The van der Waals surface area contributed by atoms with E-state index in [9.17, 15) is 18.0 Å². The zero-order valence-corrected chi connectivity index (χ0v) is 16.6. The molecule has 1 aliphatic heterocycles. The van der Waals surface area contributed by atoms with Crippen LogP contribution in [0.3, 0.4) is 0 Å². The Morgan fingerprint density at radius 3 is 2.74 bits per heavy atom. The van der Waals surface area contributed by atoms with E-state index in [1.54, 1.807) is 0 Å². The number of halogens is 3. The van der Waals surface area contributed by atoms with Gasteiger partial charge < -0.3 is 18.7 Å². The summed E-state index contributed by atoms with van der Waals surface area (Å²) >= 11 is 0. The molecule has 0 unspecified atom stereocenters. The summed E-state index contributed by atoms with van der Waals surface area (Å²) < 4.78 is 51.0. The molecule has 0 saturated carbocycles. The lowest BCUT2D eigenvalue weighted by atomic mass is 9.99. The maximum Gasteiger partial charge on any atom is 0.437 e. The number of H-pyrrole nitrogens is 1. The summed E-state index contributed by atoms with van der Waals surface area (Å²) in [7, 11) is 0. The molecule has 0 bridgehead atoms. The first-order chi connectivity index (χ1) is 14.8. The highest BCUT2D eigenvalue weighted by atomic mass is 19.4. The smallest absolute Gasteiger partial charge is 0.437 e. The molecule has 0 fully saturated rings. The number of hydrogen-bond acceptors (Lipinski definition) is 5. The number of carbonyl (C=O) groups excluding carboxylic acids is 1. The van der Waals surface area contributed by atoms with Crippen LogP contribution in [-0.2, 0) is 12.6 Å². The van der Waals surface area contributed by atoms with Crippen LogP contribution < -0.4 is 0 Å². The minimum atomic E-state index is -4.81. The Hall–Kier alpha value is -3.56. The summed E-state index contributed by atoms with van der Waals surface area (Å²) in [6.07, 6.45) is -2.27. The fourth-order valence-corrected chi connectivity index (χ4v) is 4.06. The Morgan fingerprint density at radius 2 is 2.00 bits per heavy atom. The van der Waals surface area contributed by atoms with E-state index in [0.29, 0.717) is 29.9 Å². The fourth-order valence-electron chi connectivity index (χ4n) is 4.06. The van der Waals surface area contributed by atoms with Crippen molar-refractivity contribution in [2.45, 2.75) is 32.5 Å². The molecular formula is C21H17F3N4O3. The fraction of sp³-hybridized carbons (Fsp3) is 0.286. The highest BCUT2D eigenvalue weighted by Gasteiger charge is 2.44. The first kappa shape index (κ1) is 19.4. The predicted octanol–water partition coefficient (Wildman–Crippen LogP) is 4.57. The molecule has 4 aromatic rings.